The Kier molecular flexibility index (Phi) is 14.9. The molecule has 0 spiro atoms. The molecule has 6 atom stereocenters. The van der Waals surface area contributed by atoms with Crippen LogP contribution in [-0.4, -0.2) is 135 Å². The second-order valence-corrected chi connectivity index (χ2v) is 13.9. The zero-order valence-corrected chi connectivity index (χ0v) is 29.8. The van der Waals surface area contributed by atoms with Crippen LogP contribution in [0.5, 0.6) is 0 Å². The van der Waals surface area contributed by atoms with E-state index in [0.29, 0.717) is 83.0 Å². The molecule has 50 heavy (non-hydrogen) atoms. The average Bonchev–Trinajstić information content (AvgIpc) is 3.64. The van der Waals surface area contributed by atoms with E-state index in [-0.39, 0.29) is 36.0 Å². The minimum Gasteiger partial charge on any atom is -0.442 e. The van der Waals surface area contributed by atoms with Crippen molar-refractivity contribution >= 4 is 36.3 Å². The maximum absolute atomic E-state index is 14.9. The van der Waals surface area contributed by atoms with Crippen molar-refractivity contribution in [1.82, 2.24) is 20.0 Å². The van der Waals surface area contributed by atoms with E-state index in [0.717, 1.165) is 24.9 Å². The number of halogens is 1. The smallest absolute Gasteiger partial charge is 0.410 e. The second-order valence-electron chi connectivity index (χ2n) is 13.9. The van der Waals surface area contributed by atoms with E-state index < -0.39 is 24.2 Å². The Morgan fingerprint density at radius 1 is 1.02 bits per heavy atom. The van der Waals surface area contributed by atoms with Gasteiger partial charge in [-0.3, -0.25) is 10.1 Å². The van der Waals surface area contributed by atoms with Crippen molar-refractivity contribution in [1.29, 1.82) is 0 Å². The molecule has 2 amide bonds. The number of carbonyl (C=O) groups is 4. The van der Waals surface area contributed by atoms with Gasteiger partial charge in [0.25, 0.3) is 0 Å². The summed E-state index contributed by atoms with van der Waals surface area (Å²) in [6.45, 7) is 11.3. The lowest BCUT2D eigenvalue weighted by Crippen LogP contribution is -2.53. The summed E-state index contributed by atoms with van der Waals surface area (Å²) in [5, 5.41) is 13.2. The van der Waals surface area contributed by atoms with E-state index in [1.54, 1.807) is 4.90 Å². The summed E-state index contributed by atoms with van der Waals surface area (Å²) >= 11 is 0. The van der Waals surface area contributed by atoms with Gasteiger partial charge < -0.3 is 43.8 Å². The van der Waals surface area contributed by atoms with E-state index in [9.17, 15) is 28.7 Å². The van der Waals surface area contributed by atoms with Gasteiger partial charge in [0.05, 0.1) is 19.4 Å². The number of rotatable bonds is 15. The zero-order valence-electron chi connectivity index (χ0n) is 29.8. The van der Waals surface area contributed by atoms with Crippen LogP contribution in [0.1, 0.15) is 45.6 Å². The van der Waals surface area contributed by atoms with Gasteiger partial charge in [-0.2, -0.15) is 0 Å². The van der Waals surface area contributed by atoms with Crippen LogP contribution in [0.15, 0.2) is 35.9 Å². The van der Waals surface area contributed by atoms with E-state index in [1.807, 2.05) is 57.0 Å². The van der Waals surface area contributed by atoms with Gasteiger partial charge in [-0.25, -0.2) is 9.18 Å². The van der Waals surface area contributed by atoms with Crippen LogP contribution in [-0.2, 0) is 23.9 Å². The monoisotopic (exact) mass is 699 g/mol. The van der Waals surface area contributed by atoms with Gasteiger partial charge in [-0.1, -0.05) is 31.6 Å². The summed E-state index contributed by atoms with van der Waals surface area (Å²) in [5.41, 5.74) is 2.10. The van der Waals surface area contributed by atoms with E-state index in [1.165, 1.54) is 12.1 Å². The van der Waals surface area contributed by atoms with Crippen molar-refractivity contribution in [2.75, 3.05) is 77.6 Å². The van der Waals surface area contributed by atoms with Crippen molar-refractivity contribution in [2.45, 2.75) is 58.3 Å². The molecule has 3 saturated heterocycles. The van der Waals surface area contributed by atoms with Crippen molar-refractivity contribution < 1.29 is 38.1 Å². The highest BCUT2D eigenvalue weighted by atomic mass is 19.1. The van der Waals surface area contributed by atoms with Gasteiger partial charge in [0, 0.05) is 70.4 Å². The first-order chi connectivity index (χ1) is 24.0. The number of aldehydes is 2. The molecule has 3 aliphatic rings. The first-order valence-electron chi connectivity index (χ1n) is 17.7. The number of aliphatic hydroxyl groups is 1. The molecule has 0 aromatic heterocycles. The summed E-state index contributed by atoms with van der Waals surface area (Å²) in [5.74, 6) is -1.30. The molecule has 4 rings (SSSR count). The first-order valence-corrected chi connectivity index (χ1v) is 17.7. The maximum Gasteiger partial charge on any atom is 0.410 e. The third kappa shape index (κ3) is 11.2. The number of amides is 2. The average molecular weight is 700 g/mol. The lowest BCUT2D eigenvalue weighted by atomic mass is 9.86. The van der Waals surface area contributed by atoms with Crippen LogP contribution >= 0.6 is 0 Å². The SMILES string of the molecule is C/C(=C\c1cc(F)cc(N2CCN(C(=O)C3COCN3)CC2)c1)[C@@H](C=O)[C@@H](C)/C=C/[C@H](OC(=O)N1CCN(C)CC1)[C@@H](C)CC[C@@H](O)CC=O. The van der Waals surface area contributed by atoms with Crippen molar-refractivity contribution in [3.05, 3.63) is 47.3 Å². The number of anilines is 1. The molecule has 0 radical (unpaired) electrons. The molecule has 1 aromatic rings. The zero-order chi connectivity index (χ0) is 36.2. The van der Waals surface area contributed by atoms with Crippen molar-refractivity contribution in [2.24, 2.45) is 17.8 Å². The molecule has 1 unspecified atom stereocenters. The van der Waals surface area contributed by atoms with E-state index in [4.69, 9.17) is 9.47 Å². The number of likely N-dealkylation sites (N-methyl/N-ethyl adjacent to an activating group) is 1. The number of nitrogens with zero attached hydrogens (tertiary/aromatic N) is 4. The fourth-order valence-corrected chi connectivity index (χ4v) is 6.60. The van der Waals surface area contributed by atoms with E-state index in [2.05, 4.69) is 15.1 Å². The first kappa shape index (κ1) is 39.1. The predicted octanol–water partition coefficient (Wildman–Crippen LogP) is 2.95. The minimum atomic E-state index is -0.758. The highest BCUT2D eigenvalue weighted by molar-refractivity contribution is 5.82. The van der Waals surface area contributed by atoms with Gasteiger partial charge in [0.15, 0.2) is 0 Å². The Labute approximate surface area is 295 Å². The molecule has 13 heteroatoms. The summed E-state index contributed by atoms with van der Waals surface area (Å²) in [6.07, 6.45) is 6.30. The molecule has 1 aromatic carbocycles. The lowest BCUT2D eigenvalue weighted by molar-refractivity contribution is -0.133. The molecule has 0 bridgehead atoms. The third-order valence-corrected chi connectivity index (χ3v) is 10.00. The van der Waals surface area contributed by atoms with Crippen LogP contribution in [0.4, 0.5) is 14.9 Å². The largest absolute Gasteiger partial charge is 0.442 e. The predicted molar refractivity (Wildman–Crippen MR) is 189 cm³/mol. The lowest BCUT2D eigenvalue weighted by Gasteiger charge is -2.37. The van der Waals surface area contributed by atoms with Crippen molar-refractivity contribution in [3.8, 4) is 0 Å². The number of ether oxygens (including phenoxy) is 2. The number of allylic oxidation sites excluding steroid dienone is 2. The number of hydrogen-bond donors (Lipinski definition) is 2. The van der Waals surface area contributed by atoms with Gasteiger partial charge >= 0.3 is 6.09 Å². The molecule has 3 heterocycles. The molecule has 2 N–H and O–H groups in total. The fraction of sp³-hybridized carbons (Fsp3) is 0.622. The maximum atomic E-state index is 14.9. The standard InChI is InChI=1S/C37H54FN5O7/c1-26(6-8-35(27(2)5-7-32(46)9-18-44)50-37(48)43-12-10-40(4)11-13-43)33(23-45)28(3)19-29-20-30(38)22-31(21-29)41-14-16-42(17-15-41)36(47)34-24-49-25-39-34/h6,8,18-23,26-27,32-35,39,46H,5,7,9-17,24-25H2,1-4H3/b8-6+,28-19+/t26-,27-,32+,33-,34?,35-/m0/s1. The minimum absolute atomic E-state index is 0.0195. The summed E-state index contributed by atoms with van der Waals surface area (Å²) in [7, 11) is 2.01. The molecule has 0 saturated carbocycles. The quantitative estimate of drug-likeness (QED) is 0.208. The van der Waals surface area contributed by atoms with Crippen LogP contribution < -0.4 is 10.2 Å². The van der Waals surface area contributed by atoms with Crippen LogP contribution in [0.3, 0.4) is 0 Å². The van der Waals surface area contributed by atoms with Gasteiger partial charge in [0.1, 0.15) is 30.5 Å². The molecular formula is C37H54FN5O7. The number of hydrogen-bond acceptors (Lipinski definition) is 10. The molecular weight excluding hydrogens is 645 g/mol. The normalized spacial score (nSPS) is 22.2. The van der Waals surface area contributed by atoms with Crippen molar-refractivity contribution in [3.63, 3.8) is 0 Å². The number of piperazine rings is 2. The number of benzene rings is 1. The molecule has 3 aliphatic heterocycles. The van der Waals surface area contributed by atoms with Crippen LogP contribution in [0.25, 0.3) is 6.08 Å². The number of nitrogens with one attached hydrogen (secondary N) is 1. The highest BCUT2D eigenvalue weighted by Crippen LogP contribution is 2.27. The number of carbonyl (C=O) groups excluding carboxylic acids is 4. The Morgan fingerprint density at radius 2 is 1.72 bits per heavy atom. The molecule has 3 fully saturated rings. The van der Waals surface area contributed by atoms with Gasteiger partial charge in [-0.05, 0) is 68.5 Å². The Bertz CT molecular complexity index is 1350. The molecule has 12 nitrogen and oxygen atoms in total. The Balaban J connectivity index is 1.42. The Morgan fingerprint density at radius 3 is 2.36 bits per heavy atom. The van der Waals surface area contributed by atoms with Crippen LogP contribution in [0.2, 0.25) is 0 Å². The van der Waals surface area contributed by atoms with Crippen LogP contribution in [0, 0.1) is 23.6 Å². The summed E-state index contributed by atoms with van der Waals surface area (Å²) in [4.78, 5) is 56.8. The summed E-state index contributed by atoms with van der Waals surface area (Å²) < 4.78 is 26.1. The summed E-state index contributed by atoms with van der Waals surface area (Å²) in [6, 6.07) is 4.50. The third-order valence-electron chi connectivity index (χ3n) is 10.00. The molecule has 0 aliphatic carbocycles. The van der Waals surface area contributed by atoms with Gasteiger partial charge in [-0.15, -0.1) is 0 Å². The second kappa shape index (κ2) is 19.1. The number of aliphatic hydroxyl groups excluding tert-OH is 1. The highest BCUT2D eigenvalue weighted by Gasteiger charge is 2.30. The topological polar surface area (TPSA) is 132 Å². The fourth-order valence-electron chi connectivity index (χ4n) is 6.60. The van der Waals surface area contributed by atoms with E-state index >= 15 is 0 Å². The van der Waals surface area contributed by atoms with Gasteiger partial charge in [0.2, 0.25) is 5.91 Å². The molecule has 276 valence electrons. The Hall–Kier alpha value is -3.65.